The lowest BCUT2D eigenvalue weighted by atomic mass is 9.67. The highest BCUT2D eigenvalue weighted by atomic mass is 16.5. The summed E-state index contributed by atoms with van der Waals surface area (Å²) in [5.41, 5.74) is 1.74. The summed E-state index contributed by atoms with van der Waals surface area (Å²) in [7, 11) is 0. The third-order valence-corrected chi connectivity index (χ3v) is 5.38. The minimum atomic E-state index is 0.170. The van der Waals surface area contributed by atoms with E-state index in [9.17, 15) is 0 Å². The van der Waals surface area contributed by atoms with E-state index >= 15 is 0 Å². The van der Waals surface area contributed by atoms with Crippen LogP contribution in [0.15, 0.2) is 24.4 Å². The summed E-state index contributed by atoms with van der Waals surface area (Å²) in [6.07, 6.45) is 13.3. The van der Waals surface area contributed by atoms with Crippen molar-refractivity contribution >= 4 is 0 Å². The smallest absolute Gasteiger partial charge is 0.0691 e. The van der Waals surface area contributed by atoms with Crippen LogP contribution < -0.4 is 0 Å². The lowest BCUT2D eigenvalue weighted by Crippen LogP contribution is -2.46. The molecule has 0 N–H and O–H groups in total. The largest absolute Gasteiger partial charge is 0.375 e. The van der Waals surface area contributed by atoms with E-state index in [0.29, 0.717) is 0 Å². The summed E-state index contributed by atoms with van der Waals surface area (Å²) >= 11 is 0. The molecule has 1 aromatic heterocycles. The van der Waals surface area contributed by atoms with Crippen LogP contribution in [-0.4, -0.2) is 17.2 Å². The Kier molecular flexibility index (Phi) is 4.11. The zero-order chi connectivity index (χ0) is 13.9. The number of unbranched alkanes of at least 4 members (excludes halogenated alkanes) is 1. The highest BCUT2D eigenvalue weighted by Crippen LogP contribution is 2.50. The van der Waals surface area contributed by atoms with Gasteiger partial charge in [0, 0.05) is 23.9 Å². The Balaban J connectivity index is 1.89. The van der Waals surface area contributed by atoms with Crippen LogP contribution >= 0.6 is 0 Å². The summed E-state index contributed by atoms with van der Waals surface area (Å²) < 4.78 is 6.26. The molecule has 1 spiro atoms. The Hall–Kier alpha value is -0.890. The maximum atomic E-state index is 6.26. The summed E-state index contributed by atoms with van der Waals surface area (Å²) in [4.78, 5) is 4.73. The molecule has 1 saturated carbocycles. The molecule has 1 saturated heterocycles. The van der Waals surface area contributed by atoms with Crippen LogP contribution in [0.1, 0.15) is 70.4 Å². The molecule has 2 heteroatoms. The molecule has 0 radical (unpaired) electrons. The Bertz CT molecular complexity index is 424. The fourth-order valence-corrected chi connectivity index (χ4v) is 4.31. The molecule has 0 amide bonds. The predicted molar refractivity (Wildman–Crippen MR) is 81.8 cm³/mol. The minimum absolute atomic E-state index is 0.170. The van der Waals surface area contributed by atoms with Crippen molar-refractivity contribution in [1.82, 2.24) is 4.98 Å². The molecular formula is C18H27NO. The zero-order valence-electron chi connectivity index (χ0n) is 12.7. The minimum Gasteiger partial charge on any atom is -0.375 e. The average molecular weight is 273 g/mol. The topological polar surface area (TPSA) is 22.1 Å². The van der Waals surface area contributed by atoms with E-state index in [-0.39, 0.29) is 11.0 Å². The lowest BCUT2D eigenvalue weighted by molar-refractivity contribution is -0.104. The second-order valence-corrected chi connectivity index (χ2v) is 6.76. The monoisotopic (exact) mass is 273 g/mol. The number of aromatic nitrogens is 1. The van der Waals surface area contributed by atoms with Crippen LogP contribution in [-0.2, 0) is 10.2 Å². The number of hydrogen-bond donors (Lipinski definition) is 0. The van der Waals surface area contributed by atoms with Crippen LogP contribution in [0, 0.1) is 0 Å². The van der Waals surface area contributed by atoms with Gasteiger partial charge in [-0.25, -0.2) is 0 Å². The van der Waals surface area contributed by atoms with Gasteiger partial charge in [0.1, 0.15) is 0 Å². The molecular weight excluding hydrogens is 246 g/mol. The van der Waals surface area contributed by atoms with E-state index in [4.69, 9.17) is 9.72 Å². The number of nitrogens with zero attached hydrogens (tertiary/aromatic N) is 1. The molecule has 1 atom stereocenters. The van der Waals surface area contributed by atoms with Gasteiger partial charge in [0.05, 0.1) is 5.60 Å². The third-order valence-electron chi connectivity index (χ3n) is 5.38. The molecule has 0 bridgehead atoms. The van der Waals surface area contributed by atoms with Crippen molar-refractivity contribution in [2.24, 2.45) is 0 Å². The molecule has 0 unspecified atom stereocenters. The molecule has 1 aliphatic heterocycles. The van der Waals surface area contributed by atoms with E-state index in [0.717, 1.165) is 13.0 Å². The van der Waals surface area contributed by atoms with Gasteiger partial charge >= 0.3 is 0 Å². The van der Waals surface area contributed by atoms with Crippen molar-refractivity contribution in [1.29, 1.82) is 0 Å². The standard InChI is InChI=1S/C18H27NO/c1-2-3-9-17(16-8-4-7-13-19-16)12-14-20-18(15-17)10-5-6-11-18/h4,7-8,13H,2-3,5-6,9-12,14-15H2,1H3/t17-/m1/s1. The molecule has 0 aromatic carbocycles. The Morgan fingerprint density at radius 2 is 2.05 bits per heavy atom. The highest BCUT2D eigenvalue weighted by molar-refractivity contribution is 5.20. The maximum Gasteiger partial charge on any atom is 0.0691 e. The van der Waals surface area contributed by atoms with Gasteiger partial charge in [0.25, 0.3) is 0 Å². The zero-order valence-corrected chi connectivity index (χ0v) is 12.7. The molecule has 2 nitrogen and oxygen atoms in total. The summed E-state index contributed by atoms with van der Waals surface area (Å²) in [5, 5.41) is 0. The molecule has 1 aromatic rings. The number of hydrogen-bond acceptors (Lipinski definition) is 2. The summed E-state index contributed by atoms with van der Waals surface area (Å²) in [5.74, 6) is 0. The van der Waals surface area contributed by atoms with E-state index in [2.05, 4.69) is 19.1 Å². The second kappa shape index (κ2) is 5.85. The summed E-state index contributed by atoms with van der Waals surface area (Å²) in [6, 6.07) is 6.41. The van der Waals surface area contributed by atoms with E-state index in [1.807, 2.05) is 12.3 Å². The van der Waals surface area contributed by atoms with Gasteiger partial charge in [-0.1, -0.05) is 38.7 Å². The quantitative estimate of drug-likeness (QED) is 0.797. The first-order valence-corrected chi connectivity index (χ1v) is 8.34. The van der Waals surface area contributed by atoms with Crippen LogP contribution in [0.4, 0.5) is 0 Å². The van der Waals surface area contributed by atoms with Crippen LogP contribution in [0.25, 0.3) is 0 Å². The van der Waals surface area contributed by atoms with E-state index in [1.54, 1.807) is 0 Å². The third kappa shape index (κ3) is 2.63. The van der Waals surface area contributed by atoms with Crippen molar-refractivity contribution < 1.29 is 4.74 Å². The van der Waals surface area contributed by atoms with Gasteiger partial charge < -0.3 is 4.74 Å². The molecule has 3 rings (SSSR count). The Morgan fingerprint density at radius 1 is 1.20 bits per heavy atom. The van der Waals surface area contributed by atoms with Crippen molar-refractivity contribution in [2.45, 2.75) is 75.7 Å². The van der Waals surface area contributed by atoms with Crippen LogP contribution in [0.5, 0.6) is 0 Å². The van der Waals surface area contributed by atoms with Crippen molar-refractivity contribution in [3.8, 4) is 0 Å². The van der Waals surface area contributed by atoms with E-state index in [1.165, 1.54) is 57.1 Å². The lowest BCUT2D eigenvalue weighted by Gasteiger charge is -2.46. The fraction of sp³-hybridized carbons (Fsp3) is 0.722. The fourth-order valence-electron chi connectivity index (χ4n) is 4.31. The first kappa shape index (κ1) is 14.1. The Morgan fingerprint density at radius 3 is 2.75 bits per heavy atom. The van der Waals surface area contributed by atoms with Crippen molar-refractivity contribution in [3.63, 3.8) is 0 Å². The van der Waals surface area contributed by atoms with Gasteiger partial charge in [0.15, 0.2) is 0 Å². The van der Waals surface area contributed by atoms with E-state index < -0.39 is 0 Å². The van der Waals surface area contributed by atoms with Crippen LogP contribution in [0.2, 0.25) is 0 Å². The van der Waals surface area contributed by atoms with Crippen molar-refractivity contribution in [3.05, 3.63) is 30.1 Å². The molecule has 20 heavy (non-hydrogen) atoms. The molecule has 1 aliphatic carbocycles. The molecule has 2 aliphatic rings. The van der Waals surface area contributed by atoms with Gasteiger partial charge in [-0.05, 0) is 44.2 Å². The summed E-state index contributed by atoms with van der Waals surface area (Å²) in [6.45, 7) is 3.21. The van der Waals surface area contributed by atoms with Gasteiger partial charge in [-0.2, -0.15) is 0 Å². The number of ether oxygens (including phenoxy) is 1. The van der Waals surface area contributed by atoms with Gasteiger partial charge in [0.2, 0.25) is 0 Å². The number of rotatable bonds is 4. The highest BCUT2D eigenvalue weighted by Gasteiger charge is 2.48. The Labute approximate surface area is 122 Å². The normalized spacial score (nSPS) is 28.9. The van der Waals surface area contributed by atoms with Gasteiger partial charge in [-0.15, -0.1) is 0 Å². The SMILES string of the molecule is CCCC[C@@]1(c2ccccn2)CCOC2(CCCC2)C1. The molecule has 2 heterocycles. The molecule has 110 valence electrons. The number of pyridine rings is 1. The maximum absolute atomic E-state index is 6.26. The van der Waals surface area contributed by atoms with Gasteiger partial charge in [-0.3, -0.25) is 4.98 Å². The first-order valence-electron chi connectivity index (χ1n) is 8.34. The predicted octanol–water partition coefficient (Wildman–Crippen LogP) is 4.63. The van der Waals surface area contributed by atoms with Crippen LogP contribution in [0.3, 0.4) is 0 Å². The molecule has 2 fully saturated rings. The second-order valence-electron chi connectivity index (χ2n) is 6.76. The average Bonchev–Trinajstić information content (AvgIpc) is 2.94. The first-order chi connectivity index (χ1) is 9.79. The van der Waals surface area contributed by atoms with Crippen molar-refractivity contribution in [2.75, 3.05) is 6.61 Å².